The molecule has 1 saturated heterocycles. The van der Waals surface area contributed by atoms with Crippen molar-refractivity contribution in [3.05, 3.63) is 24.3 Å². The summed E-state index contributed by atoms with van der Waals surface area (Å²) in [5.41, 5.74) is 0.787. The monoisotopic (exact) mass is 356 g/mol. The maximum atomic E-state index is 11.5. The predicted molar refractivity (Wildman–Crippen MR) is 97.8 cm³/mol. The van der Waals surface area contributed by atoms with Crippen molar-refractivity contribution < 1.29 is 13.2 Å². The van der Waals surface area contributed by atoms with E-state index in [1.54, 1.807) is 0 Å². The molecule has 1 heterocycles. The smallest absolute Gasteiger partial charge is 0.171 e. The first-order valence-electron chi connectivity index (χ1n) is 7.85. The lowest BCUT2D eigenvalue weighted by atomic mass is 10.1. The number of anilines is 1. The van der Waals surface area contributed by atoms with Crippen LogP contribution in [-0.2, 0) is 9.84 Å². The highest BCUT2D eigenvalue weighted by Crippen LogP contribution is 2.24. The number of para-hydroxylation sites is 2. The van der Waals surface area contributed by atoms with Crippen LogP contribution in [0.3, 0.4) is 0 Å². The molecule has 5 nitrogen and oxygen atoms in total. The number of rotatable bonds is 6. The fraction of sp³-hybridized carbons (Fsp3) is 0.562. The molecule has 7 heteroatoms. The Kier molecular flexibility index (Phi) is 6.24. The molecule has 0 aromatic heterocycles. The van der Waals surface area contributed by atoms with E-state index in [1.165, 1.54) is 0 Å². The third-order valence-electron chi connectivity index (χ3n) is 3.66. The van der Waals surface area contributed by atoms with Gasteiger partial charge in [-0.25, -0.2) is 8.42 Å². The summed E-state index contributed by atoms with van der Waals surface area (Å²) in [6, 6.07) is 7.49. The Morgan fingerprint density at radius 3 is 2.78 bits per heavy atom. The van der Waals surface area contributed by atoms with Crippen molar-refractivity contribution in [2.75, 3.05) is 23.4 Å². The molecule has 1 fully saturated rings. The van der Waals surface area contributed by atoms with Gasteiger partial charge in [-0.05, 0) is 43.1 Å². The van der Waals surface area contributed by atoms with E-state index in [-0.39, 0.29) is 17.5 Å². The third kappa shape index (κ3) is 5.99. The number of nitrogens with one attached hydrogen (secondary N) is 2. The topological polar surface area (TPSA) is 67.4 Å². The van der Waals surface area contributed by atoms with Crippen molar-refractivity contribution in [2.45, 2.75) is 32.7 Å². The van der Waals surface area contributed by atoms with E-state index in [2.05, 4.69) is 24.5 Å². The summed E-state index contributed by atoms with van der Waals surface area (Å²) in [4.78, 5) is 0. The number of ether oxygens (including phenoxy) is 1. The highest BCUT2D eigenvalue weighted by atomic mass is 32.2. The minimum atomic E-state index is -2.92. The van der Waals surface area contributed by atoms with E-state index in [9.17, 15) is 8.42 Å². The van der Waals surface area contributed by atoms with Gasteiger partial charge in [0.05, 0.1) is 23.8 Å². The van der Waals surface area contributed by atoms with Gasteiger partial charge in [0, 0.05) is 6.04 Å². The first kappa shape index (κ1) is 18.0. The lowest BCUT2D eigenvalue weighted by Gasteiger charge is -2.17. The Balaban J connectivity index is 1.90. The lowest BCUT2D eigenvalue weighted by Crippen LogP contribution is -2.38. The molecule has 0 aliphatic carbocycles. The van der Waals surface area contributed by atoms with Gasteiger partial charge in [0.1, 0.15) is 5.75 Å². The minimum Gasteiger partial charge on any atom is -0.491 e. The zero-order valence-corrected chi connectivity index (χ0v) is 15.2. The standard InChI is InChI=1S/C16H24N2O3S2/c1-12(2)7-9-21-15-6-4-3-5-14(15)18-16(22)17-13-8-10-23(19,20)11-13/h3-6,12-13H,7-11H2,1-2H3,(H2,17,18,22). The van der Waals surface area contributed by atoms with Crippen LogP contribution in [0.4, 0.5) is 5.69 Å². The highest BCUT2D eigenvalue weighted by Gasteiger charge is 2.28. The Labute approximate surface area is 143 Å². The predicted octanol–water partition coefficient (Wildman–Crippen LogP) is 2.59. The van der Waals surface area contributed by atoms with Crippen LogP contribution in [0, 0.1) is 5.92 Å². The third-order valence-corrected chi connectivity index (χ3v) is 5.64. The van der Waals surface area contributed by atoms with Crippen molar-refractivity contribution in [1.29, 1.82) is 0 Å². The van der Waals surface area contributed by atoms with Gasteiger partial charge in [0.25, 0.3) is 0 Å². The molecule has 1 aromatic carbocycles. The van der Waals surface area contributed by atoms with E-state index in [0.717, 1.165) is 17.9 Å². The molecule has 0 spiro atoms. The van der Waals surface area contributed by atoms with Crippen molar-refractivity contribution in [3.8, 4) is 5.75 Å². The quantitative estimate of drug-likeness (QED) is 0.764. The Bertz CT molecular complexity index is 644. The van der Waals surface area contributed by atoms with Crippen LogP contribution >= 0.6 is 12.2 Å². The molecular formula is C16H24N2O3S2. The van der Waals surface area contributed by atoms with Gasteiger partial charge >= 0.3 is 0 Å². The second-order valence-electron chi connectivity index (χ2n) is 6.23. The highest BCUT2D eigenvalue weighted by molar-refractivity contribution is 7.91. The summed E-state index contributed by atoms with van der Waals surface area (Å²) in [5, 5.41) is 6.60. The molecule has 0 amide bonds. The molecule has 0 bridgehead atoms. The van der Waals surface area contributed by atoms with Crippen LogP contribution < -0.4 is 15.4 Å². The van der Waals surface area contributed by atoms with Gasteiger partial charge in [0.15, 0.2) is 14.9 Å². The van der Waals surface area contributed by atoms with Gasteiger partial charge in [-0.2, -0.15) is 0 Å². The molecule has 2 N–H and O–H groups in total. The summed E-state index contributed by atoms with van der Waals surface area (Å²) in [5.74, 6) is 1.70. The van der Waals surface area contributed by atoms with Crippen LogP contribution in [0.25, 0.3) is 0 Å². The molecule has 1 unspecified atom stereocenters. The summed E-state index contributed by atoms with van der Waals surface area (Å²) >= 11 is 5.29. The maximum Gasteiger partial charge on any atom is 0.171 e. The zero-order chi connectivity index (χ0) is 16.9. The van der Waals surface area contributed by atoms with Crippen LogP contribution in [0.2, 0.25) is 0 Å². The molecule has 128 valence electrons. The first-order valence-corrected chi connectivity index (χ1v) is 10.1. The van der Waals surface area contributed by atoms with E-state index >= 15 is 0 Å². The second kappa shape index (κ2) is 7.97. The van der Waals surface area contributed by atoms with E-state index in [1.807, 2.05) is 24.3 Å². The maximum absolute atomic E-state index is 11.5. The second-order valence-corrected chi connectivity index (χ2v) is 8.86. The molecule has 0 radical (unpaired) electrons. The normalized spacial score (nSPS) is 19.5. The van der Waals surface area contributed by atoms with Crippen LogP contribution in [-0.4, -0.2) is 37.7 Å². The molecule has 2 rings (SSSR count). The van der Waals surface area contributed by atoms with Crippen molar-refractivity contribution in [3.63, 3.8) is 0 Å². The average molecular weight is 357 g/mol. The summed E-state index contributed by atoms with van der Waals surface area (Å²) in [7, 11) is -2.92. The molecular weight excluding hydrogens is 332 g/mol. The summed E-state index contributed by atoms with van der Waals surface area (Å²) in [6.45, 7) is 4.96. The van der Waals surface area contributed by atoms with E-state index in [4.69, 9.17) is 17.0 Å². The SMILES string of the molecule is CC(C)CCOc1ccccc1NC(=S)NC1CCS(=O)(=O)C1. The van der Waals surface area contributed by atoms with Gasteiger partial charge in [-0.15, -0.1) is 0 Å². The average Bonchev–Trinajstić information content (AvgIpc) is 2.79. The minimum absolute atomic E-state index is 0.117. The summed E-state index contributed by atoms with van der Waals surface area (Å²) in [6.07, 6.45) is 1.58. The number of hydrogen-bond donors (Lipinski definition) is 2. The zero-order valence-electron chi connectivity index (χ0n) is 13.5. The molecule has 23 heavy (non-hydrogen) atoms. The fourth-order valence-corrected chi connectivity index (χ4v) is 4.30. The number of benzene rings is 1. The first-order chi connectivity index (χ1) is 10.9. The van der Waals surface area contributed by atoms with E-state index < -0.39 is 9.84 Å². The summed E-state index contributed by atoms with van der Waals surface area (Å²) < 4.78 is 28.8. The Morgan fingerprint density at radius 1 is 1.39 bits per heavy atom. The Morgan fingerprint density at radius 2 is 2.13 bits per heavy atom. The van der Waals surface area contributed by atoms with Crippen molar-refractivity contribution in [2.24, 2.45) is 5.92 Å². The molecule has 0 saturated carbocycles. The van der Waals surface area contributed by atoms with Gasteiger partial charge < -0.3 is 15.4 Å². The van der Waals surface area contributed by atoms with Crippen LogP contribution in [0.5, 0.6) is 5.75 Å². The lowest BCUT2D eigenvalue weighted by molar-refractivity contribution is 0.291. The fourth-order valence-electron chi connectivity index (χ4n) is 2.35. The van der Waals surface area contributed by atoms with E-state index in [0.29, 0.717) is 24.1 Å². The number of sulfone groups is 1. The number of thiocarbonyl (C=S) groups is 1. The van der Waals surface area contributed by atoms with Crippen molar-refractivity contribution in [1.82, 2.24) is 5.32 Å². The Hall–Kier alpha value is -1.34. The van der Waals surface area contributed by atoms with Gasteiger partial charge in [-0.3, -0.25) is 0 Å². The van der Waals surface area contributed by atoms with Crippen LogP contribution in [0.1, 0.15) is 26.7 Å². The molecule has 1 aliphatic rings. The molecule has 1 atom stereocenters. The van der Waals surface area contributed by atoms with Crippen molar-refractivity contribution >= 4 is 32.9 Å². The molecule has 1 aliphatic heterocycles. The molecule has 1 aromatic rings. The largest absolute Gasteiger partial charge is 0.491 e. The van der Waals surface area contributed by atoms with Gasteiger partial charge in [0.2, 0.25) is 0 Å². The van der Waals surface area contributed by atoms with Gasteiger partial charge in [-0.1, -0.05) is 26.0 Å². The number of hydrogen-bond acceptors (Lipinski definition) is 4. The van der Waals surface area contributed by atoms with Crippen LogP contribution in [0.15, 0.2) is 24.3 Å².